The zero-order valence-corrected chi connectivity index (χ0v) is 17.5. The lowest BCUT2D eigenvalue weighted by molar-refractivity contribution is 0.0776. The topological polar surface area (TPSA) is 116 Å². The number of nitrogens with one attached hydrogen (secondary N) is 2. The largest absolute Gasteiger partial charge is 0.373 e. The summed E-state index contributed by atoms with van der Waals surface area (Å²) in [6.07, 6.45) is 0. The van der Waals surface area contributed by atoms with Crippen molar-refractivity contribution >= 4 is 11.8 Å². The van der Waals surface area contributed by atoms with Gasteiger partial charge in [0.2, 0.25) is 0 Å². The van der Waals surface area contributed by atoms with E-state index < -0.39 is 0 Å². The van der Waals surface area contributed by atoms with Gasteiger partial charge in [-0.3, -0.25) is 9.59 Å². The van der Waals surface area contributed by atoms with Crippen molar-refractivity contribution in [2.24, 2.45) is 0 Å². The molecule has 2 aromatic heterocycles. The molecule has 0 aliphatic carbocycles. The second-order valence-corrected chi connectivity index (χ2v) is 7.31. The Morgan fingerprint density at radius 3 is 2.81 bits per heavy atom. The molecule has 31 heavy (non-hydrogen) atoms. The fourth-order valence-corrected chi connectivity index (χ4v) is 3.66. The number of benzene rings is 1. The Balaban J connectivity index is 1.53. The van der Waals surface area contributed by atoms with E-state index in [1.807, 2.05) is 48.7 Å². The third-order valence-electron chi connectivity index (χ3n) is 5.27. The summed E-state index contributed by atoms with van der Waals surface area (Å²) in [6.45, 7) is 6.03. The van der Waals surface area contributed by atoms with Gasteiger partial charge in [-0.1, -0.05) is 30.3 Å². The van der Waals surface area contributed by atoms with Crippen LogP contribution in [-0.4, -0.2) is 43.2 Å². The number of rotatable bonds is 7. The van der Waals surface area contributed by atoms with Crippen molar-refractivity contribution in [2.45, 2.75) is 46.1 Å². The quantitative estimate of drug-likeness (QED) is 0.594. The Hall–Kier alpha value is -3.53. The molecule has 2 amide bonds. The van der Waals surface area contributed by atoms with Crippen LogP contribution in [0.1, 0.15) is 57.8 Å². The molecule has 10 heteroatoms. The first-order valence-corrected chi connectivity index (χ1v) is 10.3. The van der Waals surface area contributed by atoms with Crippen molar-refractivity contribution in [1.29, 1.82) is 0 Å². The van der Waals surface area contributed by atoms with Gasteiger partial charge in [-0.2, -0.15) is 0 Å². The number of aromatic nitrogens is 5. The lowest BCUT2D eigenvalue weighted by Gasteiger charge is -2.20. The van der Waals surface area contributed by atoms with Crippen LogP contribution in [0.2, 0.25) is 0 Å². The normalized spacial score (nSPS) is 14.0. The Kier molecular flexibility index (Phi) is 6.08. The molecule has 1 unspecified atom stereocenters. The monoisotopic (exact) mass is 423 g/mol. The van der Waals surface area contributed by atoms with Crippen LogP contribution in [0.25, 0.3) is 0 Å². The summed E-state index contributed by atoms with van der Waals surface area (Å²) in [5.74, 6) is 0.0500. The lowest BCUT2D eigenvalue weighted by Crippen LogP contribution is -2.32. The van der Waals surface area contributed by atoms with Gasteiger partial charge in [0.15, 0.2) is 5.82 Å². The van der Waals surface area contributed by atoms with E-state index in [4.69, 9.17) is 4.74 Å². The summed E-state index contributed by atoms with van der Waals surface area (Å²) in [6, 6.07) is 10.9. The van der Waals surface area contributed by atoms with Gasteiger partial charge in [-0.15, -0.1) is 5.10 Å². The Morgan fingerprint density at radius 1 is 1.23 bits per heavy atom. The second kappa shape index (κ2) is 9.09. The predicted octanol–water partition coefficient (Wildman–Crippen LogP) is 1.45. The summed E-state index contributed by atoms with van der Waals surface area (Å²) in [7, 11) is 0. The third-order valence-corrected chi connectivity index (χ3v) is 5.27. The molecule has 2 N–H and O–H groups in total. The van der Waals surface area contributed by atoms with Crippen molar-refractivity contribution in [2.75, 3.05) is 6.61 Å². The van der Waals surface area contributed by atoms with Crippen LogP contribution in [0.4, 0.5) is 0 Å². The summed E-state index contributed by atoms with van der Waals surface area (Å²) in [5, 5.41) is 17.5. The minimum Gasteiger partial charge on any atom is -0.373 e. The SMILES string of the molecule is CCn1nnnc1C(C)NC(=O)c1cc(C(=O)NCc2ccccc2)c2n1CCOC2. The highest BCUT2D eigenvalue weighted by Gasteiger charge is 2.27. The van der Waals surface area contributed by atoms with Crippen LogP contribution in [0.3, 0.4) is 0 Å². The molecule has 0 bridgehead atoms. The molecule has 1 aliphatic heterocycles. The molecule has 0 saturated carbocycles. The number of carbonyl (C=O) groups is 2. The smallest absolute Gasteiger partial charge is 0.268 e. The molecule has 1 atom stereocenters. The van der Waals surface area contributed by atoms with Crippen molar-refractivity contribution in [3.8, 4) is 0 Å². The number of carbonyl (C=O) groups excluding carboxylic acids is 2. The molecule has 3 heterocycles. The van der Waals surface area contributed by atoms with Crippen LogP contribution < -0.4 is 10.6 Å². The highest BCUT2D eigenvalue weighted by atomic mass is 16.5. The number of fused-ring (bicyclic) bond motifs is 1. The van der Waals surface area contributed by atoms with Crippen molar-refractivity contribution < 1.29 is 14.3 Å². The van der Waals surface area contributed by atoms with Crippen LogP contribution in [-0.2, 0) is 31.0 Å². The fourth-order valence-electron chi connectivity index (χ4n) is 3.66. The molecule has 10 nitrogen and oxygen atoms in total. The third kappa shape index (κ3) is 4.33. The van der Waals surface area contributed by atoms with Gasteiger partial charge < -0.3 is 19.9 Å². The van der Waals surface area contributed by atoms with Crippen LogP contribution >= 0.6 is 0 Å². The number of tetrazole rings is 1. The molecule has 162 valence electrons. The second-order valence-electron chi connectivity index (χ2n) is 7.31. The number of hydrogen-bond acceptors (Lipinski definition) is 6. The van der Waals surface area contributed by atoms with E-state index in [-0.39, 0.29) is 24.5 Å². The molecule has 0 radical (unpaired) electrons. The fraction of sp³-hybridized carbons (Fsp3) is 0.381. The van der Waals surface area contributed by atoms with Gasteiger partial charge in [-0.05, 0) is 35.9 Å². The van der Waals surface area contributed by atoms with E-state index in [0.29, 0.717) is 49.0 Å². The van der Waals surface area contributed by atoms with Gasteiger partial charge in [-0.25, -0.2) is 4.68 Å². The number of nitrogens with zero attached hydrogens (tertiary/aromatic N) is 5. The highest BCUT2D eigenvalue weighted by molar-refractivity contribution is 6.00. The van der Waals surface area contributed by atoms with Crippen LogP contribution in [0.15, 0.2) is 36.4 Å². The van der Waals surface area contributed by atoms with Crippen molar-refractivity contribution in [3.05, 3.63) is 64.7 Å². The summed E-state index contributed by atoms with van der Waals surface area (Å²) in [5.41, 5.74) is 2.57. The highest BCUT2D eigenvalue weighted by Crippen LogP contribution is 2.22. The molecule has 0 fully saturated rings. The Morgan fingerprint density at radius 2 is 2.03 bits per heavy atom. The molecular weight excluding hydrogens is 398 g/mol. The van der Waals surface area contributed by atoms with Gasteiger partial charge >= 0.3 is 0 Å². The van der Waals surface area contributed by atoms with Gasteiger partial charge in [0, 0.05) is 19.6 Å². The average Bonchev–Trinajstić information content (AvgIpc) is 3.43. The molecule has 0 saturated heterocycles. The van der Waals surface area contributed by atoms with E-state index in [1.165, 1.54) is 0 Å². The standard InChI is InChI=1S/C21H25N7O3/c1-3-28-19(24-25-26-28)14(2)23-21(30)17-11-16(18-13-31-10-9-27(17)18)20(29)22-12-15-7-5-4-6-8-15/h4-8,11,14H,3,9-10,12-13H2,1-2H3,(H,22,29)(H,23,30). The number of amides is 2. The molecular formula is C21H25N7O3. The minimum absolute atomic E-state index is 0.236. The maximum absolute atomic E-state index is 13.1. The van der Waals surface area contributed by atoms with E-state index >= 15 is 0 Å². The minimum atomic E-state index is -0.385. The zero-order chi connectivity index (χ0) is 21.8. The number of hydrogen-bond donors (Lipinski definition) is 2. The first kappa shape index (κ1) is 20.7. The van der Waals surface area contributed by atoms with Crippen LogP contribution in [0.5, 0.6) is 0 Å². The zero-order valence-electron chi connectivity index (χ0n) is 17.5. The maximum atomic E-state index is 13.1. The average molecular weight is 423 g/mol. The summed E-state index contributed by atoms with van der Waals surface area (Å²) in [4.78, 5) is 25.9. The van der Waals surface area contributed by atoms with Gasteiger partial charge in [0.25, 0.3) is 11.8 Å². The van der Waals surface area contributed by atoms with E-state index in [9.17, 15) is 9.59 Å². The molecule has 1 aromatic carbocycles. The molecule has 3 aromatic rings. The summed E-state index contributed by atoms with van der Waals surface area (Å²) < 4.78 is 9.04. The van der Waals surface area contributed by atoms with E-state index in [1.54, 1.807) is 10.7 Å². The van der Waals surface area contributed by atoms with Gasteiger partial charge in [0.05, 0.1) is 30.5 Å². The summed E-state index contributed by atoms with van der Waals surface area (Å²) >= 11 is 0. The lowest BCUT2D eigenvalue weighted by atomic mass is 10.2. The first-order chi connectivity index (χ1) is 15.1. The molecule has 1 aliphatic rings. The number of ether oxygens (including phenoxy) is 1. The van der Waals surface area contributed by atoms with E-state index in [0.717, 1.165) is 5.56 Å². The first-order valence-electron chi connectivity index (χ1n) is 10.3. The van der Waals surface area contributed by atoms with Crippen molar-refractivity contribution in [1.82, 2.24) is 35.4 Å². The van der Waals surface area contributed by atoms with Crippen molar-refractivity contribution in [3.63, 3.8) is 0 Å². The van der Waals surface area contributed by atoms with Gasteiger partial charge in [0.1, 0.15) is 5.69 Å². The Labute approximate surface area is 179 Å². The van der Waals surface area contributed by atoms with E-state index in [2.05, 4.69) is 26.2 Å². The maximum Gasteiger partial charge on any atom is 0.268 e. The molecule has 4 rings (SSSR count). The van der Waals surface area contributed by atoms with Crippen LogP contribution in [0, 0.1) is 0 Å². The Bertz CT molecular complexity index is 1070. The predicted molar refractivity (Wildman–Crippen MR) is 111 cm³/mol. The molecule has 0 spiro atoms. The number of aryl methyl sites for hydroxylation is 1.